The third-order valence-electron chi connectivity index (χ3n) is 3.59. The van der Waals surface area contributed by atoms with Crippen molar-refractivity contribution in [2.75, 3.05) is 13.2 Å². The van der Waals surface area contributed by atoms with Crippen LogP contribution in [0.4, 0.5) is 0 Å². The molecular formula is C18H22N2O4S2. The number of nitrogens with zero attached hydrogens (tertiary/aromatic N) is 1. The van der Waals surface area contributed by atoms with Crippen molar-refractivity contribution in [3.8, 4) is 0 Å². The predicted molar refractivity (Wildman–Crippen MR) is 103 cm³/mol. The molecule has 26 heavy (non-hydrogen) atoms. The van der Waals surface area contributed by atoms with Gasteiger partial charge in [-0.3, -0.25) is 9.96 Å². The lowest BCUT2D eigenvalue weighted by Gasteiger charge is -2.04. The summed E-state index contributed by atoms with van der Waals surface area (Å²) in [4.78, 5) is 0.527. The van der Waals surface area contributed by atoms with Gasteiger partial charge in [-0.2, -0.15) is 8.42 Å². The molecule has 0 spiro atoms. The molecule has 2 N–H and O–H groups in total. The molecule has 0 bridgehead atoms. The number of para-hydroxylation sites is 1. The molecule has 0 aliphatic carbocycles. The van der Waals surface area contributed by atoms with Crippen molar-refractivity contribution in [3.05, 3.63) is 58.9 Å². The van der Waals surface area contributed by atoms with E-state index in [1.807, 2.05) is 30.5 Å². The van der Waals surface area contributed by atoms with Gasteiger partial charge in [-0.25, -0.2) is 0 Å². The van der Waals surface area contributed by atoms with E-state index in [4.69, 9.17) is 14.7 Å². The summed E-state index contributed by atoms with van der Waals surface area (Å²) >= 11 is 1.51. The van der Waals surface area contributed by atoms with Crippen molar-refractivity contribution in [3.63, 3.8) is 0 Å². The van der Waals surface area contributed by atoms with Crippen molar-refractivity contribution in [1.29, 1.82) is 5.41 Å². The van der Waals surface area contributed by atoms with Gasteiger partial charge in [0.05, 0.1) is 21.7 Å². The number of aromatic nitrogens is 1. The molecule has 1 aromatic heterocycles. The molecule has 6 nitrogen and oxygen atoms in total. The number of hydrogen-bond acceptors (Lipinski definition) is 5. The lowest BCUT2D eigenvalue weighted by atomic mass is 10.2. The van der Waals surface area contributed by atoms with E-state index in [2.05, 4.69) is 12.1 Å². The Balaban J connectivity index is 0.000000197. The summed E-state index contributed by atoms with van der Waals surface area (Å²) in [5.74, 6) is 0. The van der Waals surface area contributed by atoms with Gasteiger partial charge in [0.25, 0.3) is 10.1 Å². The number of thiazole rings is 1. The molecule has 0 atom stereocenters. The highest BCUT2D eigenvalue weighted by Gasteiger charge is 2.06. The van der Waals surface area contributed by atoms with E-state index < -0.39 is 10.1 Å². The van der Waals surface area contributed by atoms with E-state index in [1.54, 1.807) is 12.1 Å². The Labute approximate surface area is 156 Å². The Bertz CT molecular complexity index is 1010. The molecule has 0 aliphatic rings. The van der Waals surface area contributed by atoms with Gasteiger partial charge in [0, 0.05) is 13.2 Å². The van der Waals surface area contributed by atoms with Crippen LogP contribution in [-0.2, 0) is 21.4 Å². The highest BCUT2D eigenvalue weighted by atomic mass is 32.2. The summed E-state index contributed by atoms with van der Waals surface area (Å²) in [6.07, 6.45) is 0. The van der Waals surface area contributed by atoms with Crippen LogP contribution in [0.25, 0.3) is 10.2 Å². The molecule has 0 radical (unpaired) electrons. The first-order chi connectivity index (χ1) is 12.3. The van der Waals surface area contributed by atoms with Gasteiger partial charge in [0.15, 0.2) is 4.80 Å². The standard InChI is InChI=1S/C11H14N2OS.C7H8O3S/c1-2-14-8-7-13-9-5-3-4-6-10(9)15-11(13)12;1-6-2-4-7(5-3-6)11(8,9)10/h3-6,12H,2,7-8H2,1H3;2-5H,1H3,(H,8,9,10). The van der Waals surface area contributed by atoms with Crippen LogP contribution in [0.1, 0.15) is 12.5 Å². The second kappa shape index (κ2) is 9.09. The molecule has 0 amide bonds. The Morgan fingerprint density at radius 3 is 2.42 bits per heavy atom. The molecule has 0 saturated carbocycles. The summed E-state index contributed by atoms with van der Waals surface area (Å²) in [7, 11) is -4.02. The largest absolute Gasteiger partial charge is 0.380 e. The normalized spacial score (nSPS) is 11.2. The van der Waals surface area contributed by atoms with Crippen LogP contribution < -0.4 is 4.80 Å². The molecule has 2 aromatic carbocycles. The Hall–Kier alpha value is -2.00. The van der Waals surface area contributed by atoms with Crippen LogP contribution in [-0.4, -0.2) is 30.8 Å². The van der Waals surface area contributed by atoms with Gasteiger partial charge < -0.3 is 9.30 Å². The second-order valence-electron chi connectivity index (χ2n) is 5.51. The van der Waals surface area contributed by atoms with Crippen LogP contribution in [0.5, 0.6) is 0 Å². The van der Waals surface area contributed by atoms with Gasteiger partial charge in [-0.1, -0.05) is 41.2 Å². The highest BCUT2D eigenvalue weighted by molar-refractivity contribution is 7.85. The first-order valence-corrected chi connectivity index (χ1v) is 10.3. The fourth-order valence-corrected chi connectivity index (χ4v) is 3.69. The Morgan fingerprint density at radius 2 is 1.81 bits per heavy atom. The molecule has 140 valence electrons. The maximum atomic E-state index is 10.5. The second-order valence-corrected chi connectivity index (χ2v) is 7.96. The van der Waals surface area contributed by atoms with E-state index in [-0.39, 0.29) is 4.90 Å². The highest BCUT2D eigenvalue weighted by Crippen LogP contribution is 2.15. The average Bonchev–Trinajstić information content (AvgIpc) is 2.91. The third kappa shape index (κ3) is 5.50. The van der Waals surface area contributed by atoms with E-state index in [1.165, 1.54) is 28.2 Å². The molecule has 0 unspecified atom stereocenters. The van der Waals surface area contributed by atoms with E-state index >= 15 is 0 Å². The smallest absolute Gasteiger partial charge is 0.294 e. The lowest BCUT2D eigenvalue weighted by Crippen LogP contribution is -2.16. The summed E-state index contributed by atoms with van der Waals surface area (Å²) < 4.78 is 38.0. The average molecular weight is 395 g/mol. The summed E-state index contributed by atoms with van der Waals surface area (Å²) in [6.45, 7) is 5.99. The zero-order valence-corrected chi connectivity index (χ0v) is 16.3. The number of rotatable bonds is 5. The van der Waals surface area contributed by atoms with E-state index in [0.717, 1.165) is 24.2 Å². The quantitative estimate of drug-likeness (QED) is 0.512. The Morgan fingerprint density at radius 1 is 1.15 bits per heavy atom. The third-order valence-corrected chi connectivity index (χ3v) is 5.44. The van der Waals surface area contributed by atoms with Crippen LogP contribution in [0.2, 0.25) is 0 Å². The van der Waals surface area contributed by atoms with Gasteiger partial charge in [-0.05, 0) is 38.1 Å². The maximum absolute atomic E-state index is 10.5. The number of fused-ring (bicyclic) bond motifs is 1. The molecule has 0 fully saturated rings. The number of nitrogens with one attached hydrogen (secondary N) is 1. The fourth-order valence-electron chi connectivity index (χ4n) is 2.27. The monoisotopic (exact) mass is 394 g/mol. The van der Waals surface area contributed by atoms with Crippen molar-refractivity contribution >= 4 is 31.7 Å². The predicted octanol–water partition coefficient (Wildman–Crippen LogP) is 3.46. The van der Waals surface area contributed by atoms with Crippen molar-refractivity contribution < 1.29 is 17.7 Å². The number of ether oxygens (including phenoxy) is 1. The SMILES string of the molecule is CCOCCn1c(=N)sc2ccccc21.Cc1ccc(S(=O)(=O)O)cc1. The molecule has 8 heteroatoms. The number of hydrogen-bond donors (Lipinski definition) is 2. The summed E-state index contributed by atoms with van der Waals surface area (Å²) in [5.41, 5.74) is 2.09. The van der Waals surface area contributed by atoms with Gasteiger partial charge in [0.2, 0.25) is 0 Å². The molecule has 3 rings (SSSR count). The van der Waals surface area contributed by atoms with Crippen molar-refractivity contribution in [1.82, 2.24) is 4.57 Å². The molecule has 0 saturated heterocycles. The zero-order chi connectivity index (χ0) is 19.2. The lowest BCUT2D eigenvalue weighted by molar-refractivity contribution is 0.139. The van der Waals surface area contributed by atoms with Crippen molar-refractivity contribution in [2.45, 2.75) is 25.3 Å². The molecule has 3 aromatic rings. The minimum absolute atomic E-state index is 0.0666. The van der Waals surface area contributed by atoms with Gasteiger partial charge >= 0.3 is 0 Å². The summed E-state index contributed by atoms with van der Waals surface area (Å²) in [5, 5.41) is 7.86. The van der Waals surface area contributed by atoms with E-state index in [9.17, 15) is 8.42 Å². The number of aryl methyl sites for hydroxylation is 1. The van der Waals surface area contributed by atoms with Crippen LogP contribution >= 0.6 is 11.3 Å². The molecule has 0 aliphatic heterocycles. The first kappa shape index (κ1) is 20.3. The first-order valence-electron chi connectivity index (χ1n) is 8.07. The fraction of sp³-hybridized carbons (Fsp3) is 0.278. The molecule has 1 heterocycles. The van der Waals surface area contributed by atoms with Crippen molar-refractivity contribution in [2.24, 2.45) is 0 Å². The molecular weight excluding hydrogens is 372 g/mol. The minimum atomic E-state index is -4.02. The zero-order valence-electron chi connectivity index (χ0n) is 14.7. The summed E-state index contributed by atoms with van der Waals surface area (Å²) in [6, 6.07) is 14.1. The van der Waals surface area contributed by atoms with Gasteiger partial charge in [-0.15, -0.1) is 0 Å². The van der Waals surface area contributed by atoms with E-state index in [0.29, 0.717) is 11.4 Å². The van der Waals surface area contributed by atoms with Crippen LogP contribution in [0.3, 0.4) is 0 Å². The Kier molecular flexibility index (Phi) is 7.10. The maximum Gasteiger partial charge on any atom is 0.294 e. The minimum Gasteiger partial charge on any atom is -0.380 e. The topological polar surface area (TPSA) is 92.4 Å². The van der Waals surface area contributed by atoms with Crippen LogP contribution in [0.15, 0.2) is 53.4 Å². The van der Waals surface area contributed by atoms with Crippen LogP contribution in [0, 0.1) is 12.3 Å². The van der Waals surface area contributed by atoms with Gasteiger partial charge in [0.1, 0.15) is 0 Å². The number of benzene rings is 2.